The van der Waals surface area contributed by atoms with E-state index in [1.165, 1.54) is 7.11 Å². The van der Waals surface area contributed by atoms with Crippen LogP contribution in [0.2, 0.25) is 0 Å². The van der Waals surface area contributed by atoms with Crippen LogP contribution in [-0.2, 0) is 19.2 Å². The number of carboxylic acids is 1. The van der Waals surface area contributed by atoms with E-state index in [0.717, 1.165) is 24.3 Å². The van der Waals surface area contributed by atoms with Gasteiger partial charge in [-0.05, 0) is 31.8 Å². The molecule has 0 aromatic heterocycles. The molecule has 1 unspecified atom stereocenters. The fraction of sp³-hybridized carbons (Fsp3) is 0.733. The number of carbonyl (C=O) groups excluding carboxylic acids is 1. The molecule has 2 aliphatic rings. The van der Waals surface area contributed by atoms with Crippen LogP contribution >= 0.6 is 0 Å². The molecule has 1 saturated heterocycles. The van der Waals surface area contributed by atoms with Crippen molar-refractivity contribution in [3.8, 4) is 0 Å². The van der Waals surface area contributed by atoms with Crippen molar-refractivity contribution in [1.29, 1.82) is 0 Å². The highest BCUT2D eigenvalue weighted by Gasteiger charge is 2.54. The normalized spacial score (nSPS) is 24.0. The molecule has 0 aromatic carbocycles. The Hall–Kier alpha value is -1.76. The molecule has 0 aromatic rings. The quantitative estimate of drug-likeness (QED) is 0.718. The lowest BCUT2D eigenvalue weighted by Crippen LogP contribution is -2.52. The molecular weight excluding hydrogens is 288 g/mol. The van der Waals surface area contributed by atoms with Crippen LogP contribution in [0.15, 0.2) is 12.5 Å². The number of hydrogen-bond acceptors (Lipinski definition) is 5. The number of nitrogens with one attached hydrogen (secondary N) is 1. The highest BCUT2D eigenvalue weighted by Crippen LogP contribution is 2.46. The zero-order valence-corrected chi connectivity index (χ0v) is 13.3. The first-order chi connectivity index (χ1) is 10.3. The lowest BCUT2D eigenvalue weighted by atomic mass is 9.77. The molecule has 1 heterocycles. The number of aliphatic carboxylic acids is 1. The van der Waals surface area contributed by atoms with Crippen molar-refractivity contribution in [3.05, 3.63) is 12.5 Å². The number of carbonyl (C=O) groups is 2. The molecule has 1 saturated carbocycles. The lowest BCUT2D eigenvalue weighted by molar-refractivity contribution is -0.230. The van der Waals surface area contributed by atoms with E-state index >= 15 is 0 Å². The first-order valence-electron chi connectivity index (χ1n) is 7.54. The fourth-order valence-electron chi connectivity index (χ4n) is 2.88. The summed E-state index contributed by atoms with van der Waals surface area (Å²) in [5.74, 6) is -1.25. The van der Waals surface area contributed by atoms with Crippen molar-refractivity contribution in [2.45, 2.75) is 57.2 Å². The third-order valence-corrected chi connectivity index (χ3v) is 4.40. The molecule has 7 nitrogen and oxygen atoms in total. The highest BCUT2D eigenvalue weighted by atomic mass is 16.7. The van der Waals surface area contributed by atoms with E-state index in [2.05, 4.69) is 11.9 Å². The van der Waals surface area contributed by atoms with Gasteiger partial charge < -0.3 is 15.2 Å². The summed E-state index contributed by atoms with van der Waals surface area (Å²) in [6, 6.07) is -1.59. The Morgan fingerprint density at radius 1 is 1.45 bits per heavy atom. The van der Waals surface area contributed by atoms with Gasteiger partial charge >= 0.3 is 5.97 Å². The summed E-state index contributed by atoms with van der Waals surface area (Å²) in [6.45, 7) is 7.38. The minimum absolute atomic E-state index is 0.0737. The summed E-state index contributed by atoms with van der Waals surface area (Å²) in [5, 5.41) is 13.3. The van der Waals surface area contributed by atoms with Crippen LogP contribution in [0.3, 0.4) is 0 Å². The Kier molecular flexibility index (Phi) is 4.65. The largest absolute Gasteiger partial charge is 0.483 e. The Labute approximate surface area is 130 Å². The average molecular weight is 312 g/mol. The summed E-state index contributed by atoms with van der Waals surface area (Å²) in [6.07, 6.45) is 2.95. The van der Waals surface area contributed by atoms with E-state index in [-0.39, 0.29) is 11.8 Å². The third kappa shape index (κ3) is 3.04. The smallest absolute Gasteiger partial charge is 0.329 e. The van der Waals surface area contributed by atoms with Gasteiger partial charge in [-0.3, -0.25) is 9.63 Å². The zero-order chi connectivity index (χ0) is 16.5. The average Bonchev–Trinajstić information content (AvgIpc) is 2.84. The number of ether oxygens (including phenoxy) is 1. The summed E-state index contributed by atoms with van der Waals surface area (Å²) in [5.41, 5.74) is -0.474. The van der Waals surface area contributed by atoms with Crippen molar-refractivity contribution >= 4 is 11.9 Å². The van der Waals surface area contributed by atoms with Crippen molar-refractivity contribution in [2.24, 2.45) is 5.92 Å². The van der Waals surface area contributed by atoms with E-state index in [0.29, 0.717) is 6.42 Å². The van der Waals surface area contributed by atoms with Crippen molar-refractivity contribution < 1.29 is 24.3 Å². The molecule has 1 spiro atoms. The minimum Gasteiger partial charge on any atom is -0.483 e. The Bertz CT molecular complexity index is 473. The summed E-state index contributed by atoms with van der Waals surface area (Å²) >= 11 is 0. The van der Waals surface area contributed by atoms with Gasteiger partial charge in [0.2, 0.25) is 0 Å². The van der Waals surface area contributed by atoms with Crippen LogP contribution in [0.4, 0.5) is 0 Å². The first kappa shape index (κ1) is 16.6. The molecule has 124 valence electrons. The number of amides is 1. The number of carboxylic acid groups (broad SMARTS) is 1. The van der Waals surface area contributed by atoms with Gasteiger partial charge in [0.25, 0.3) is 5.91 Å². The predicted octanol–water partition coefficient (Wildman–Crippen LogP) is 1.26. The molecule has 2 N–H and O–H groups in total. The number of hydrogen-bond donors (Lipinski definition) is 2. The molecule has 2 rings (SSSR count). The number of nitrogens with zero attached hydrogens (tertiary/aromatic N) is 1. The van der Waals surface area contributed by atoms with Gasteiger partial charge in [0.1, 0.15) is 6.04 Å². The molecule has 2 atom stereocenters. The van der Waals surface area contributed by atoms with E-state index in [1.807, 2.05) is 13.8 Å². The van der Waals surface area contributed by atoms with Crippen molar-refractivity contribution in [1.82, 2.24) is 10.4 Å². The second-order valence-corrected chi connectivity index (χ2v) is 6.34. The zero-order valence-electron chi connectivity index (χ0n) is 13.3. The van der Waals surface area contributed by atoms with Crippen molar-refractivity contribution in [3.63, 3.8) is 0 Å². The molecular formula is C15H24N2O5. The Balaban J connectivity index is 2.16. The molecule has 1 amide bonds. The van der Waals surface area contributed by atoms with Crippen LogP contribution in [0.1, 0.15) is 39.5 Å². The maximum absolute atomic E-state index is 12.8. The molecule has 1 aliphatic heterocycles. The van der Waals surface area contributed by atoms with Crippen molar-refractivity contribution in [2.75, 3.05) is 7.11 Å². The van der Waals surface area contributed by atoms with E-state index in [1.54, 1.807) is 0 Å². The molecule has 0 bridgehead atoms. The first-order valence-corrected chi connectivity index (χ1v) is 7.54. The second kappa shape index (κ2) is 6.16. The molecule has 7 heteroatoms. The molecule has 22 heavy (non-hydrogen) atoms. The maximum Gasteiger partial charge on any atom is 0.329 e. The van der Waals surface area contributed by atoms with Crippen LogP contribution in [0, 0.1) is 5.92 Å². The van der Waals surface area contributed by atoms with Gasteiger partial charge in [-0.1, -0.05) is 13.8 Å². The van der Waals surface area contributed by atoms with Crippen LogP contribution in [0.25, 0.3) is 0 Å². The van der Waals surface area contributed by atoms with Gasteiger partial charge in [0.05, 0.1) is 12.7 Å². The van der Waals surface area contributed by atoms with Gasteiger partial charge in [-0.2, -0.15) is 0 Å². The number of methoxy groups -OCH3 is 1. The maximum atomic E-state index is 12.8. The van der Waals surface area contributed by atoms with E-state index in [4.69, 9.17) is 9.57 Å². The predicted molar refractivity (Wildman–Crippen MR) is 78.5 cm³/mol. The minimum atomic E-state index is -1.04. The van der Waals surface area contributed by atoms with Gasteiger partial charge in [0.15, 0.2) is 11.9 Å². The Morgan fingerprint density at radius 2 is 2.09 bits per heavy atom. The Morgan fingerprint density at radius 3 is 2.50 bits per heavy atom. The third-order valence-electron chi connectivity index (χ3n) is 4.40. The van der Waals surface area contributed by atoms with Crippen LogP contribution < -0.4 is 5.32 Å². The van der Waals surface area contributed by atoms with Crippen LogP contribution in [-0.4, -0.2) is 46.8 Å². The van der Waals surface area contributed by atoms with Gasteiger partial charge in [-0.15, -0.1) is 0 Å². The molecule has 0 radical (unpaired) electrons. The molecule has 2 fully saturated rings. The number of hydroxylamine groups is 2. The monoisotopic (exact) mass is 312 g/mol. The SMILES string of the molecule is C=C(N[C@H](C(=O)N1OC2(CCC2)CC1C(=O)O)C(C)C)OC. The summed E-state index contributed by atoms with van der Waals surface area (Å²) < 4.78 is 4.96. The highest BCUT2D eigenvalue weighted by molar-refractivity contribution is 5.87. The summed E-state index contributed by atoms with van der Waals surface area (Å²) in [7, 11) is 1.45. The topological polar surface area (TPSA) is 88.1 Å². The van der Waals surface area contributed by atoms with Crippen LogP contribution in [0.5, 0.6) is 0 Å². The standard InChI is InChI=1S/C15H24N2O5/c1-9(2)12(16-10(3)21-4)13(18)17-11(14(19)20)8-15(22-17)6-5-7-15/h9,11-12,16H,3,5-8H2,1-2,4H3,(H,19,20)/t11?,12-/m0/s1. The summed E-state index contributed by atoms with van der Waals surface area (Å²) in [4.78, 5) is 30.0. The molecule has 1 aliphatic carbocycles. The second-order valence-electron chi connectivity index (χ2n) is 6.34. The fourth-order valence-corrected chi connectivity index (χ4v) is 2.88. The van der Waals surface area contributed by atoms with Gasteiger partial charge in [0, 0.05) is 6.42 Å². The van der Waals surface area contributed by atoms with E-state index in [9.17, 15) is 14.7 Å². The van der Waals surface area contributed by atoms with Gasteiger partial charge in [-0.25, -0.2) is 9.86 Å². The lowest BCUT2D eigenvalue weighted by Gasteiger charge is -2.37. The van der Waals surface area contributed by atoms with E-state index < -0.39 is 29.6 Å². The number of rotatable bonds is 6.